The van der Waals surface area contributed by atoms with Crippen LogP contribution in [0.3, 0.4) is 0 Å². The first-order valence-corrected chi connectivity index (χ1v) is 22.3. The average molecular weight is 873 g/mol. The highest BCUT2D eigenvalue weighted by Crippen LogP contribution is 2.73. The van der Waals surface area contributed by atoms with Crippen molar-refractivity contribution >= 4 is 5.97 Å². The zero-order valence-electron chi connectivity index (χ0n) is 35.2. The summed E-state index contributed by atoms with van der Waals surface area (Å²) in [7, 11) is 0. The first-order chi connectivity index (χ1) is 29.0. The molecule has 0 amide bonds. The fourth-order valence-electron chi connectivity index (χ4n) is 13.1. The quantitative estimate of drug-likeness (QED) is 0.0729. The molecule has 4 aliphatic carbocycles. The molecule has 4 heterocycles. The largest absolute Gasteiger partial charge is 0.432 e. The normalized spacial score (nSPS) is 52.6. The van der Waals surface area contributed by atoms with E-state index in [2.05, 4.69) is 13.5 Å². The number of fused-ring (bicyclic) bond motifs is 3. The van der Waals surface area contributed by atoms with E-state index in [4.69, 9.17) is 37.9 Å². The molecule has 0 aromatic carbocycles. The summed E-state index contributed by atoms with van der Waals surface area (Å²) in [6, 6.07) is 0. The maximum atomic E-state index is 14.6. The van der Waals surface area contributed by atoms with E-state index in [0.29, 0.717) is 19.3 Å². The molecule has 8 rings (SSSR count). The standard InChI is InChI=1S/C43H68O18/c1-21-15-42-9-5-30-40(2,7-4-8-41(30,3)39(53)60-36-26(12-23(48)19-54-36)57-38-35(52)34(51)33(50)29(18-46)59-38)31(42)6-10-43(21,20-42)61-37-27(14-25(49)28(17-45)58-37)56-32-13-22(47)11-24(16-44)55-32/h22-38,44-52H,1,4-20H2,2-3H3/t22-,23-,24-,25-,26+,27?,28+,29+,30?,31?,32?,33+,34-,35+,36-,37?,38+,40+,41+,42+,43-/m0/s1. The van der Waals surface area contributed by atoms with E-state index < -0.39 is 123 Å². The summed E-state index contributed by atoms with van der Waals surface area (Å²) < 4.78 is 49.0. The fraction of sp³-hybridized carbons (Fsp3) is 0.930. The van der Waals surface area contributed by atoms with Gasteiger partial charge in [0.05, 0.1) is 61.9 Å². The lowest BCUT2D eigenvalue weighted by Crippen LogP contribution is -2.61. The Balaban J connectivity index is 0.968. The summed E-state index contributed by atoms with van der Waals surface area (Å²) in [5.41, 5.74) is -1.12. The van der Waals surface area contributed by atoms with Crippen molar-refractivity contribution < 1.29 is 88.6 Å². The summed E-state index contributed by atoms with van der Waals surface area (Å²) in [6.07, 6.45) is -9.58. The topological polar surface area (TPSA) is 273 Å². The van der Waals surface area contributed by atoms with E-state index in [1.54, 1.807) is 0 Å². The van der Waals surface area contributed by atoms with E-state index >= 15 is 0 Å². The third-order valence-electron chi connectivity index (χ3n) is 16.1. The van der Waals surface area contributed by atoms with E-state index in [1.165, 1.54) is 0 Å². The van der Waals surface area contributed by atoms with Gasteiger partial charge in [-0.2, -0.15) is 0 Å². The third-order valence-corrected chi connectivity index (χ3v) is 16.1. The van der Waals surface area contributed by atoms with Crippen molar-refractivity contribution in [1.82, 2.24) is 0 Å². The number of rotatable bonds is 11. The molecule has 61 heavy (non-hydrogen) atoms. The van der Waals surface area contributed by atoms with Gasteiger partial charge in [-0.15, -0.1) is 0 Å². The minimum absolute atomic E-state index is 0.0230. The van der Waals surface area contributed by atoms with Crippen molar-refractivity contribution in [3.05, 3.63) is 12.2 Å². The van der Waals surface area contributed by atoms with Crippen LogP contribution in [-0.2, 0) is 42.7 Å². The Morgan fingerprint density at radius 2 is 1.46 bits per heavy atom. The second kappa shape index (κ2) is 17.8. The number of aliphatic hydroxyl groups is 9. The molecular formula is C43H68O18. The minimum atomic E-state index is -1.69. The number of ether oxygens (including phenoxy) is 8. The van der Waals surface area contributed by atoms with Gasteiger partial charge in [0, 0.05) is 25.7 Å². The van der Waals surface area contributed by atoms with Crippen LogP contribution in [0.15, 0.2) is 12.2 Å². The van der Waals surface area contributed by atoms with Crippen molar-refractivity contribution in [2.75, 3.05) is 26.4 Å². The highest BCUT2D eigenvalue weighted by Gasteiger charge is 2.69. The predicted molar refractivity (Wildman–Crippen MR) is 207 cm³/mol. The molecule has 9 N–H and O–H groups in total. The van der Waals surface area contributed by atoms with Crippen molar-refractivity contribution in [2.45, 2.75) is 195 Å². The molecule has 4 saturated heterocycles. The summed E-state index contributed by atoms with van der Waals surface area (Å²) in [6.45, 7) is 7.40. The Bertz CT molecular complexity index is 1570. The highest BCUT2D eigenvalue weighted by atomic mass is 16.8. The first-order valence-electron chi connectivity index (χ1n) is 22.3. The van der Waals surface area contributed by atoms with Crippen molar-refractivity contribution in [3.63, 3.8) is 0 Å². The first kappa shape index (κ1) is 46.1. The number of carbonyl (C=O) groups is 1. The fourth-order valence-corrected chi connectivity index (χ4v) is 13.1. The maximum absolute atomic E-state index is 14.6. The molecule has 18 nitrogen and oxygen atoms in total. The van der Waals surface area contributed by atoms with Gasteiger partial charge in [-0.3, -0.25) is 4.79 Å². The molecule has 2 bridgehead atoms. The van der Waals surface area contributed by atoms with Gasteiger partial charge in [0.1, 0.15) is 42.7 Å². The second-order valence-corrected chi connectivity index (χ2v) is 20.0. The average Bonchev–Trinajstić information content (AvgIpc) is 3.42. The van der Waals surface area contributed by atoms with E-state index in [-0.39, 0.29) is 61.6 Å². The number of hydrogen-bond acceptors (Lipinski definition) is 18. The van der Waals surface area contributed by atoms with Crippen molar-refractivity contribution in [1.29, 1.82) is 0 Å². The zero-order chi connectivity index (χ0) is 43.6. The minimum Gasteiger partial charge on any atom is -0.432 e. The molecule has 1 spiro atoms. The molecule has 8 aliphatic rings. The van der Waals surface area contributed by atoms with Crippen LogP contribution in [0.4, 0.5) is 0 Å². The van der Waals surface area contributed by atoms with E-state index in [9.17, 15) is 50.8 Å². The van der Waals surface area contributed by atoms with E-state index in [1.807, 2.05) is 6.92 Å². The summed E-state index contributed by atoms with van der Waals surface area (Å²) in [5, 5.41) is 92.5. The Hall–Kier alpha value is -1.43. The molecule has 4 aliphatic heterocycles. The van der Waals surface area contributed by atoms with Gasteiger partial charge in [-0.1, -0.05) is 19.9 Å². The third kappa shape index (κ3) is 8.38. The van der Waals surface area contributed by atoms with Crippen LogP contribution in [0.5, 0.6) is 0 Å². The molecule has 21 atom stereocenters. The number of hydrogen-bond donors (Lipinski definition) is 9. The zero-order valence-corrected chi connectivity index (χ0v) is 35.2. The molecule has 0 radical (unpaired) electrons. The van der Waals surface area contributed by atoms with Gasteiger partial charge in [0.2, 0.25) is 6.29 Å². The molecule has 5 unspecified atom stereocenters. The maximum Gasteiger partial charge on any atom is 0.314 e. The Morgan fingerprint density at radius 1 is 0.738 bits per heavy atom. The lowest BCUT2D eigenvalue weighted by Gasteiger charge is -2.64. The van der Waals surface area contributed by atoms with Gasteiger partial charge < -0.3 is 83.9 Å². The molecule has 4 saturated carbocycles. The molecule has 8 fully saturated rings. The van der Waals surface area contributed by atoms with Crippen molar-refractivity contribution in [3.8, 4) is 0 Å². The lowest BCUT2D eigenvalue weighted by atomic mass is 9.41. The molecule has 0 aromatic heterocycles. The van der Waals surface area contributed by atoms with Crippen LogP contribution in [0.1, 0.15) is 97.3 Å². The summed E-state index contributed by atoms with van der Waals surface area (Å²) in [4.78, 5) is 14.6. The van der Waals surface area contributed by atoms with Crippen LogP contribution in [0.25, 0.3) is 0 Å². The van der Waals surface area contributed by atoms with Crippen molar-refractivity contribution in [2.24, 2.45) is 28.1 Å². The molecule has 18 heteroatoms. The Labute approximate surface area is 356 Å². The monoisotopic (exact) mass is 872 g/mol. The van der Waals surface area contributed by atoms with Gasteiger partial charge in [-0.05, 0) is 86.5 Å². The predicted octanol–water partition coefficient (Wildman–Crippen LogP) is -0.358. The van der Waals surface area contributed by atoms with Crippen LogP contribution >= 0.6 is 0 Å². The number of carbonyl (C=O) groups excluding carboxylic acids is 1. The molecule has 0 aromatic rings. The van der Waals surface area contributed by atoms with E-state index in [0.717, 1.165) is 44.1 Å². The summed E-state index contributed by atoms with van der Waals surface area (Å²) >= 11 is 0. The Kier molecular flexibility index (Phi) is 13.4. The SMILES string of the molecule is C=C1C[C@@]23CCC4[C@@](C)(CCC[C@@]4(C)C(=O)O[C@@H]4OC[C@@H](O)C[C@H]4O[C@@H]4O[C@H](CO)[C@@H](O)[C@H](O)[C@H]4O)C2CC[C@]1(OC1O[C@H](CO)[C@@H](O)CC1OC1C[C@@H](O)C[C@@H](CO)O1)C3. The second-order valence-electron chi connectivity index (χ2n) is 20.0. The number of esters is 1. The summed E-state index contributed by atoms with van der Waals surface area (Å²) in [5.74, 6) is -0.268. The van der Waals surface area contributed by atoms with Crippen LogP contribution in [-0.4, -0.2) is 176 Å². The van der Waals surface area contributed by atoms with Gasteiger partial charge in [0.15, 0.2) is 18.9 Å². The Morgan fingerprint density at radius 3 is 2.20 bits per heavy atom. The number of aliphatic hydroxyl groups excluding tert-OH is 9. The van der Waals surface area contributed by atoms with Crippen LogP contribution in [0.2, 0.25) is 0 Å². The van der Waals surface area contributed by atoms with Gasteiger partial charge in [0.25, 0.3) is 0 Å². The lowest BCUT2D eigenvalue weighted by molar-refractivity contribution is -0.341. The molecule has 348 valence electrons. The molecular weight excluding hydrogens is 804 g/mol. The van der Waals surface area contributed by atoms with Crippen LogP contribution < -0.4 is 0 Å². The van der Waals surface area contributed by atoms with Crippen LogP contribution in [0, 0.1) is 28.1 Å². The smallest absolute Gasteiger partial charge is 0.314 e. The van der Waals surface area contributed by atoms with Gasteiger partial charge in [-0.25, -0.2) is 0 Å². The van der Waals surface area contributed by atoms with Gasteiger partial charge >= 0.3 is 5.97 Å². The highest BCUT2D eigenvalue weighted by molar-refractivity contribution is 5.77.